The smallest absolute Gasteiger partial charge is 0.240 e. The van der Waals surface area contributed by atoms with Gasteiger partial charge >= 0.3 is 0 Å². The molecule has 1 heterocycles. The molecule has 0 bridgehead atoms. The van der Waals surface area contributed by atoms with E-state index in [1.165, 1.54) is 24.9 Å². The number of nitrogens with zero attached hydrogens (tertiary/aromatic N) is 1. The normalized spacial score (nSPS) is 22.4. The first-order valence-corrected chi connectivity index (χ1v) is 14.6. The predicted octanol–water partition coefficient (Wildman–Crippen LogP) is 5.26. The van der Waals surface area contributed by atoms with Gasteiger partial charge in [-0.2, -0.15) is 0 Å². The van der Waals surface area contributed by atoms with E-state index in [4.69, 9.17) is 4.74 Å². The van der Waals surface area contributed by atoms with Crippen molar-refractivity contribution >= 4 is 31.6 Å². The lowest BCUT2D eigenvalue weighted by Gasteiger charge is -2.35. The molecule has 0 atom stereocenters. The lowest BCUT2D eigenvalue weighted by atomic mass is 9.84. The van der Waals surface area contributed by atoms with E-state index in [9.17, 15) is 8.42 Å². The van der Waals surface area contributed by atoms with E-state index in [0.29, 0.717) is 22.6 Å². The van der Waals surface area contributed by atoms with Gasteiger partial charge < -0.3 is 15.0 Å². The first-order chi connectivity index (χ1) is 16.4. The second-order valence-corrected chi connectivity index (χ2v) is 12.2. The molecule has 2 fully saturated rings. The summed E-state index contributed by atoms with van der Waals surface area (Å²) < 4.78 is 34.6. The van der Waals surface area contributed by atoms with Crippen molar-refractivity contribution < 1.29 is 13.2 Å². The molecule has 6 nitrogen and oxygen atoms in total. The van der Waals surface area contributed by atoms with Crippen LogP contribution in [-0.4, -0.2) is 52.1 Å². The molecule has 0 unspecified atom stereocenters. The van der Waals surface area contributed by atoms with Crippen molar-refractivity contribution in [1.29, 1.82) is 0 Å². The fourth-order valence-electron chi connectivity index (χ4n) is 5.09. The lowest BCUT2D eigenvalue weighted by molar-refractivity contribution is 0.190. The van der Waals surface area contributed by atoms with E-state index >= 15 is 0 Å². The van der Waals surface area contributed by atoms with Crippen molar-refractivity contribution in [3.05, 3.63) is 53.0 Å². The molecule has 186 valence electrons. The van der Waals surface area contributed by atoms with Gasteiger partial charge in [0.25, 0.3) is 0 Å². The number of rotatable bonds is 9. The zero-order valence-corrected chi connectivity index (χ0v) is 22.3. The summed E-state index contributed by atoms with van der Waals surface area (Å²) >= 11 is 3.54. The summed E-state index contributed by atoms with van der Waals surface area (Å²) in [5, 5.41) is 3.67. The topological polar surface area (TPSA) is 70.7 Å². The van der Waals surface area contributed by atoms with Crippen LogP contribution in [0.3, 0.4) is 0 Å². The van der Waals surface area contributed by atoms with Gasteiger partial charge in [0.1, 0.15) is 5.75 Å². The Labute approximate surface area is 212 Å². The molecule has 34 heavy (non-hydrogen) atoms. The molecule has 2 aromatic rings. The molecule has 1 aliphatic heterocycles. The Morgan fingerprint density at radius 2 is 1.68 bits per heavy atom. The molecule has 4 rings (SSSR count). The van der Waals surface area contributed by atoms with Crippen LogP contribution in [0.5, 0.6) is 5.75 Å². The molecule has 2 aliphatic rings. The Balaban J connectivity index is 1.14. The second kappa shape index (κ2) is 11.9. The third-order valence-electron chi connectivity index (χ3n) is 7.17. The van der Waals surface area contributed by atoms with Crippen molar-refractivity contribution in [2.45, 2.75) is 61.9 Å². The molecule has 2 N–H and O–H groups in total. The number of methoxy groups -OCH3 is 1. The Hall–Kier alpha value is -1.61. The minimum absolute atomic E-state index is 0.0307. The van der Waals surface area contributed by atoms with Gasteiger partial charge in [-0.25, -0.2) is 13.1 Å². The van der Waals surface area contributed by atoms with Gasteiger partial charge in [-0.1, -0.05) is 22.0 Å². The monoisotopic (exact) mass is 549 g/mol. The maximum absolute atomic E-state index is 12.7. The van der Waals surface area contributed by atoms with E-state index in [1.807, 2.05) is 0 Å². The van der Waals surface area contributed by atoms with Gasteiger partial charge in [-0.05, 0) is 99.9 Å². The first kappa shape index (κ1) is 25.5. The van der Waals surface area contributed by atoms with Crippen LogP contribution >= 0.6 is 15.9 Å². The molecule has 0 radical (unpaired) electrons. The largest absolute Gasteiger partial charge is 0.497 e. The van der Waals surface area contributed by atoms with E-state index in [1.54, 1.807) is 31.4 Å². The quantitative estimate of drug-likeness (QED) is 0.446. The zero-order chi connectivity index (χ0) is 24.0. The second-order valence-electron chi connectivity index (χ2n) is 9.57. The van der Waals surface area contributed by atoms with Gasteiger partial charge in [0.2, 0.25) is 10.0 Å². The van der Waals surface area contributed by atoms with Crippen LogP contribution in [0.1, 0.15) is 44.9 Å². The molecular weight excluding hydrogens is 514 g/mol. The number of nitrogens with one attached hydrogen (secondary N) is 2. The van der Waals surface area contributed by atoms with E-state index in [0.717, 1.165) is 49.8 Å². The third kappa shape index (κ3) is 7.20. The van der Waals surface area contributed by atoms with Gasteiger partial charge in [0.15, 0.2) is 0 Å². The van der Waals surface area contributed by atoms with Crippen LogP contribution in [0.4, 0.5) is 5.69 Å². The molecule has 1 saturated heterocycles. The predicted molar refractivity (Wildman–Crippen MR) is 141 cm³/mol. The highest BCUT2D eigenvalue weighted by molar-refractivity contribution is 9.10. The number of halogens is 1. The van der Waals surface area contributed by atoms with Crippen molar-refractivity contribution in [2.75, 3.05) is 32.1 Å². The fraction of sp³-hybridized carbons (Fsp3) is 0.538. The van der Waals surface area contributed by atoms with Crippen LogP contribution in [0.25, 0.3) is 0 Å². The Bertz CT molecular complexity index is 1020. The number of hydrogen-bond donors (Lipinski definition) is 2. The number of benzene rings is 2. The first-order valence-electron chi connectivity index (χ1n) is 12.3. The summed E-state index contributed by atoms with van der Waals surface area (Å²) in [5.41, 5.74) is 1.19. The van der Waals surface area contributed by atoms with Crippen LogP contribution in [0.2, 0.25) is 0 Å². The van der Waals surface area contributed by atoms with Gasteiger partial charge in [-0.15, -0.1) is 0 Å². The zero-order valence-electron chi connectivity index (χ0n) is 19.9. The Morgan fingerprint density at radius 1 is 0.971 bits per heavy atom. The van der Waals surface area contributed by atoms with Crippen molar-refractivity contribution in [1.82, 2.24) is 9.62 Å². The minimum atomic E-state index is -3.48. The Kier molecular flexibility index (Phi) is 8.91. The minimum Gasteiger partial charge on any atom is -0.497 e. The molecule has 1 aliphatic carbocycles. The molecule has 0 aromatic heterocycles. The summed E-state index contributed by atoms with van der Waals surface area (Å²) in [7, 11) is -1.91. The summed E-state index contributed by atoms with van der Waals surface area (Å²) in [4.78, 5) is 2.89. The number of likely N-dealkylation sites (tertiary alicyclic amines) is 1. The highest BCUT2D eigenvalue weighted by atomic mass is 79.9. The van der Waals surface area contributed by atoms with Gasteiger partial charge in [-0.3, -0.25) is 0 Å². The molecule has 0 spiro atoms. The van der Waals surface area contributed by atoms with Crippen LogP contribution in [0, 0.1) is 5.92 Å². The average Bonchev–Trinajstić information content (AvgIpc) is 2.84. The number of hydrogen-bond acceptors (Lipinski definition) is 5. The van der Waals surface area contributed by atoms with Crippen LogP contribution < -0.4 is 14.8 Å². The maximum atomic E-state index is 12.7. The van der Waals surface area contributed by atoms with Crippen LogP contribution in [-0.2, 0) is 10.0 Å². The highest BCUT2D eigenvalue weighted by Gasteiger charge is 2.27. The Morgan fingerprint density at radius 3 is 2.32 bits per heavy atom. The number of anilines is 1. The maximum Gasteiger partial charge on any atom is 0.240 e. The summed E-state index contributed by atoms with van der Waals surface area (Å²) in [5.74, 6) is 1.35. The van der Waals surface area contributed by atoms with Crippen molar-refractivity contribution in [3.8, 4) is 5.75 Å². The molecular formula is C26H36BrN3O3S. The van der Waals surface area contributed by atoms with Gasteiger partial charge in [0, 0.05) is 35.3 Å². The molecule has 1 saturated carbocycles. The summed E-state index contributed by atoms with van der Waals surface area (Å²) in [6.45, 7) is 3.43. The average molecular weight is 551 g/mol. The van der Waals surface area contributed by atoms with Crippen molar-refractivity contribution in [3.63, 3.8) is 0 Å². The molecule has 0 amide bonds. The van der Waals surface area contributed by atoms with E-state index < -0.39 is 10.0 Å². The van der Waals surface area contributed by atoms with Crippen molar-refractivity contribution in [2.24, 2.45) is 5.92 Å². The number of piperidine rings is 1. The molecule has 8 heteroatoms. The fourth-order valence-corrected chi connectivity index (χ4v) is 6.80. The van der Waals surface area contributed by atoms with E-state index in [2.05, 4.69) is 55.1 Å². The summed E-state index contributed by atoms with van der Waals surface area (Å²) in [6, 6.07) is 15.5. The molecule has 2 aromatic carbocycles. The standard InChI is InChI=1S/C26H36BrN3O3S/c1-33-25-9-11-26(12-10-25)34(31,32)29-23-7-5-20(6-8-23)13-16-30-17-14-22(15-18-30)28-24-4-2-3-21(27)19-24/h2-4,9-12,19-20,22-23,28-29H,5-8,13-18H2,1H3. The number of ether oxygens (including phenoxy) is 1. The SMILES string of the molecule is COc1ccc(S(=O)(=O)NC2CCC(CCN3CCC(Nc4cccc(Br)c4)CC3)CC2)cc1. The summed E-state index contributed by atoms with van der Waals surface area (Å²) in [6.07, 6.45) is 7.57. The van der Waals surface area contributed by atoms with Gasteiger partial charge in [0.05, 0.1) is 12.0 Å². The highest BCUT2D eigenvalue weighted by Crippen LogP contribution is 2.29. The third-order valence-corrected chi connectivity index (χ3v) is 9.20. The van der Waals surface area contributed by atoms with E-state index in [-0.39, 0.29) is 6.04 Å². The number of sulfonamides is 1. The lowest BCUT2D eigenvalue weighted by Crippen LogP contribution is -2.40. The van der Waals surface area contributed by atoms with Crippen LogP contribution in [0.15, 0.2) is 57.9 Å².